The van der Waals surface area contributed by atoms with E-state index in [1.165, 1.54) is 6.07 Å². The lowest BCUT2D eigenvalue weighted by molar-refractivity contribution is 0.0627. The molecule has 0 amide bonds. The van der Waals surface area contributed by atoms with E-state index in [0.29, 0.717) is 10.6 Å². The zero-order chi connectivity index (χ0) is 16.4. The van der Waals surface area contributed by atoms with Gasteiger partial charge in [0.15, 0.2) is 0 Å². The molecule has 118 valence electrons. The summed E-state index contributed by atoms with van der Waals surface area (Å²) in [6.07, 6.45) is 0. The number of aliphatic hydroxyl groups is 1. The minimum atomic E-state index is -3.67. The van der Waals surface area contributed by atoms with Crippen LogP contribution in [0.3, 0.4) is 0 Å². The van der Waals surface area contributed by atoms with E-state index in [2.05, 4.69) is 4.72 Å². The molecule has 0 saturated heterocycles. The summed E-state index contributed by atoms with van der Waals surface area (Å²) >= 11 is 5.81. The molecule has 0 aliphatic heterocycles. The van der Waals surface area contributed by atoms with Gasteiger partial charge in [0, 0.05) is 11.6 Å². The number of benzene rings is 2. The van der Waals surface area contributed by atoms with Crippen molar-refractivity contribution in [1.82, 2.24) is 4.72 Å². The van der Waals surface area contributed by atoms with Crippen molar-refractivity contribution in [2.75, 3.05) is 6.54 Å². The Morgan fingerprint density at radius 1 is 1.18 bits per heavy atom. The highest BCUT2D eigenvalue weighted by Gasteiger charge is 2.26. The third-order valence-electron chi connectivity index (χ3n) is 3.37. The molecular formula is C16H18ClNO3S. The Kier molecular flexibility index (Phi) is 4.92. The highest BCUT2D eigenvalue weighted by Crippen LogP contribution is 2.22. The Bertz CT molecular complexity index is 755. The second-order valence-corrected chi connectivity index (χ2v) is 7.63. The number of hydrogen-bond donors (Lipinski definition) is 2. The Morgan fingerprint density at radius 2 is 1.82 bits per heavy atom. The molecule has 0 bridgehead atoms. The summed E-state index contributed by atoms with van der Waals surface area (Å²) in [5.74, 6) is 0. The quantitative estimate of drug-likeness (QED) is 0.880. The molecule has 0 radical (unpaired) electrons. The summed E-state index contributed by atoms with van der Waals surface area (Å²) in [7, 11) is -3.67. The van der Waals surface area contributed by atoms with Gasteiger partial charge in [-0.3, -0.25) is 0 Å². The van der Waals surface area contributed by atoms with Crippen molar-refractivity contribution >= 4 is 21.6 Å². The average molecular weight is 340 g/mol. The van der Waals surface area contributed by atoms with Crippen LogP contribution in [-0.2, 0) is 15.6 Å². The van der Waals surface area contributed by atoms with Crippen LogP contribution in [0.15, 0.2) is 53.4 Å². The van der Waals surface area contributed by atoms with Crippen molar-refractivity contribution in [2.24, 2.45) is 0 Å². The van der Waals surface area contributed by atoms with Gasteiger partial charge in [0.25, 0.3) is 0 Å². The first-order chi connectivity index (χ1) is 10.2. The van der Waals surface area contributed by atoms with E-state index in [9.17, 15) is 13.5 Å². The SMILES string of the molecule is Cc1cccc(S(=O)(=O)NCC(C)(O)c2ccc(Cl)cc2)c1. The predicted octanol–water partition coefficient (Wildman–Crippen LogP) is 2.83. The van der Waals surface area contributed by atoms with Gasteiger partial charge in [-0.15, -0.1) is 0 Å². The van der Waals surface area contributed by atoms with E-state index >= 15 is 0 Å². The van der Waals surface area contributed by atoms with Crippen LogP contribution >= 0.6 is 11.6 Å². The molecule has 0 aliphatic carbocycles. The van der Waals surface area contributed by atoms with E-state index in [4.69, 9.17) is 11.6 Å². The monoisotopic (exact) mass is 339 g/mol. The first kappa shape index (κ1) is 17.0. The third-order valence-corrected chi connectivity index (χ3v) is 5.02. The summed E-state index contributed by atoms with van der Waals surface area (Å²) in [5.41, 5.74) is 0.109. The fourth-order valence-electron chi connectivity index (χ4n) is 2.01. The Labute approximate surface area is 135 Å². The van der Waals surface area contributed by atoms with E-state index < -0.39 is 15.6 Å². The molecule has 1 atom stereocenters. The average Bonchev–Trinajstić information content (AvgIpc) is 2.46. The molecule has 2 N–H and O–H groups in total. The van der Waals surface area contributed by atoms with E-state index in [1.807, 2.05) is 13.0 Å². The van der Waals surface area contributed by atoms with Gasteiger partial charge in [-0.25, -0.2) is 13.1 Å². The molecule has 4 nitrogen and oxygen atoms in total. The first-order valence-electron chi connectivity index (χ1n) is 6.75. The summed E-state index contributed by atoms with van der Waals surface area (Å²) in [6.45, 7) is 3.24. The van der Waals surface area contributed by atoms with Crippen molar-refractivity contribution in [1.29, 1.82) is 0 Å². The first-order valence-corrected chi connectivity index (χ1v) is 8.62. The summed E-state index contributed by atoms with van der Waals surface area (Å²) in [5, 5.41) is 11.0. The number of sulfonamides is 1. The molecule has 0 fully saturated rings. The van der Waals surface area contributed by atoms with Gasteiger partial charge in [-0.2, -0.15) is 0 Å². The topological polar surface area (TPSA) is 66.4 Å². The maximum absolute atomic E-state index is 12.3. The summed E-state index contributed by atoms with van der Waals surface area (Å²) < 4.78 is 27.0. The van der Waals surface area contributed by atoms with Crippen molar-refractivity contribution in [3.05, 3.63) is 64.7 Å². The number of aryl methyl sites for hydroxylation is 1. The maximum atomic E-state index is 12.3. The van der Waals surface area contributed by atoms with E-state index in [0.717, 1.165) is 5.56 Å². The lowest BCUT2D eigenvalue weighted by atomic mass is 9.97. The molecule has 0 aromatic heterocycles. The molecule has 2 rings (SSSR count). The smallest absolute Gasteiger partial charge is 0.240 e. The zero-order valence-corrected chi connectivity index (χ0v) is 13.9. The predicted molar refractivity (Wildman–Crippen MR) is 87.4 cm³/mol. The number of hydrogen-bond acceptors (Lipinski definition) is 3. The van der Waals surface area contributed by atoms with E-state index in [1.54, 1.807) is 43.3 Å². The number of rotatable bonds is 5. The van der Waals surface area contributed by atoms with Crippen molar-refractivity contribution < 1.29 is 13.5 Å². The molecule has 22 heavy (non-hydrogen) atoms. The van der Waals surface area contributed by atoms with Crippen LogP contribution in [0.25, 0.3) is 0 Å². The minimum absolute atomic E-state index is 0.134. The molecule has 1 unspecified atom stereocenters. The van der Waals surface area contributed by atoms with Crippen LogP contribution in [0.2, 0.25) is 5.02 Å². The van der Waals surface area contributed by atoms with Gasteiger partial charge in [0.2, 0.25) is 10.0 Å². The summed E-state index contributed by atoms with van der Waals surface area (Å²) in [4.78, 5) is 0.180. The highest BCUT2D eigenvalue weighted by atomic mass is 35.5. The Morgan fingerprint density at radius 3 is 2.41 bits per heavy atom. The maximum Gasteiger partial charge on any atom is 0.240 e. The zero-order valence-electron chi connectivity index (χ0n) is 12.4. The number of nitrogens with one attached hydrogen (secondary N) is 1. The second-order valence-electron chi connectivity index (χ2n) is 5.42. The van der Waals surface area contributed by atoms with Crippen LogP contribution < -0.4 is 4.72 Å². The molecule has 0 saturated carbocycles. The van der Waals surface area contributed by atoms with Crippen LogP contribution in [0.4, 0.5) is 0 Å². The fourth-order valence-corrected chi connectivity index (χ4v) is 3.37. The Hall–Kier alpha value is -1.40. The summed E-state index contributed by atoms with van der Waals surface area (Å²) in [6, 6.07) is 13.3. The minimum Gasteiger partial charge on any atom is -0.384 e. The fraction of sp³-hybridized carbons (Fsp3) is 0.250. The van der Waals surface area contributed by atoms with Gasteiger partial charge >= 0.3 is 0 Å². The van der Waals surface area contributed by atoms with E-state index in [-0.39, 0.29) is 11.4 Å². The Balaban J connectivity index is 2.15. The van der Waals surface area contributed by atoms with Gasteiger partial charge in [0.1, 0.15) is 5.60 Å². The van der Waals surface area contributed by atoms with Crippen LogP contribution in [0, 0.1) is 6.92 Å². The van der Waals surface area contributed by atoms with Crippen LogP contribution in [-0.4, -0.2) is 20.1 Å². The highest BCUT2D eigenvalue weighted by molar-refractivity contribution is 7.89. The number of halogens is 1. The lowest BCUT2D eigenvalue weighted by Gasteiger charge is -2.24. The van der Waals surface area contributed by atoms with Crippen molar-refractivity contribution in [2.45, 2.75) is 24.3 Å². The van der Waals surface area contributed by atoms with Crippen LogP contribution in [0.1, 0.15) is 18.1 Å². The van der Waals surface area contributed by atoms with Crippen LogP contribution in [0.5, 0.6) is 0 Å². The molecule has 0 heterocycles. The standard InChI is InChI=1S/C16H18ClNO3S/c1-12-4-3-5-15(10-12)22(20,21)18-11-16(2,19)13-6-8-14(17)9-7-13/h3-10,18-19H,11H2,1-2H3. The second kappa shape index (κ2) is 6.38. The largest absolute Gasteiger partial charge is 0.384 e. The van der Waals surface area contributed by atoms with Gasteiger partial charge < -0.3 is 5.11 Å². The van der Waals surface area contributed by atoms with Crippen molar-refractivity contribution in [3.8, 4) is 0 Å². The van der Waals surface area contributed by atoms with Gasteiger partial charge in [0.05, 0.1) is 4.90 Å². The molecule has 0 aliphatic rings. The van der Waals surface area contributed by atoms with Gasteiger partial charge in [-0.1, -0.05) is 35.9 Å². The molecular weight excluding hydrogens is 322 g/mol. The van der Waals surface area contributed by atoms with Gasteiger partial charge in [-0.05, 0) is 49.2 Å². The molecule has 2 aromatic carbocycles. The third kappa shape index (κ3) is 4.08. The lowest BCUT2D eigenvalue weighted by Crippen LogP contribution is -2.38. The van der Waals surface area contributed by atoms with Crippen molar-refractivity contribution in [3.63, 3.8) is 0 Å². The normalized spacial score (nSPS) is 14.5. The molecule has 0 spiro atoms. The molecule has 6 heteroatoms. The molecule has 2 aromatic rings.